The molecule has 0 aliphatic carbocycles. The Morgan fingerprint density at radius 2 is 1.88 bits per heavy atom. The molecular weight excluding hydrogens is 524 g/mol. The van der Waals surface area contributed by atoms with E-state index in [0.29, 0.717) is 26.1 Å². The number of anilines is 1. The van der Waals surface area contributed by atoms with Crippen LogP contribution in [0, 0.1) is 25.7 Å². The van der Waals surface area contributed by atoms with Gasteiger partial charge < -0.3 is 19.6 Å². The lowest BCUT2D eigenvalue weighted by molar-refractivity contribution is -0.154. The number of benzene rings is 1. The van der Waals surface area contributed by atoms with Crippen LogP contribution in [0.2, 0.25) is 0 Å². The largest absolute Gasteiger partial charge is 0.465 e. The number of unbranched alkanes of at least 4 members (excludes halogenated alkanes) is 4. The molecule has 1 aromatic rings. The van der Waals surface area contributed by atoms with E-state index in [0.717, 1.165) is 61.8 Å². The molecule has 3 heterocycles. The first-order chi connectivity index (χ1) is 19.3. The maximum Gasteiger partial charge on any atom is 0.310 e. The summed E-state index contributed by atoms with van der Waals surface area (Å²) < 4.78 is 5.03. The summed E-state index contributed by atoms with van der Waals surface area (Å²) in [6.45, 7) is 12.9. The van der Waals surface area contributed by atoms with Gasteiger partial charge in [0.1, 0.15) is 6.04 Å². The van der Waals surface area contributed by atoms with Crippen LogP contribution < -0.4 is 4.90 Å². The van der Waals surface area contributed by atoms with Crippen LogP contribution >= 0.6 is 11.8 Å². The van der Waals surface area contributed by atoms with Crippen molar-refractivity contribution in [1.82, 2.24) is 4.90 Å². The standard InChI is InChI=1S/C32H44N2O5S/c1-5-7-12-21-39-31(38)25-24-16-17-32(40-24)26(25)29(36)34(19-10-8-9-11-20-35)28(32)30(37)33(18-6-2)27-22(3)14-13-15-23(27)4/h5-6,13-15,24-26,28,35H,1-2,7-12,16-21H2,3-4H3/t24-,25+,26-,28?,32?/m0/s1. The van der Waals surface area contributed by atoms with Gasteiger partial charge in [0.05, 0.1) is 23.2 Å². The third-order valence-electron chi connectivity index (χ3n) is 8.70. The van der Waals surface area contributed by atoms with E-state index in [-0.39, 0.29) is 29.6 Å². The molecule has 2 bridgehead atoms. The number of allylic oxidation sites excluding steroid dienone is 1. The third-order valence-corrected chi connectivity index (χ3v) is 10.6. The van der Waals surface area contributed by atoms with Gasteiger partial charge in [-0.25, -0.2) is 0 Å². The second kappa shape index (κ2) is 13.4. The summed E-state index contributed by atoms with van der Waals surface area (Å²) in [4.78, 5) is 45.9. The van der Waals surface area contributed by atoms with Gasteiger partial charge in [0.15, 0.2) is 0 Å². The van der Waals surface area contributed by atoms with E-state index in [1.807, 2.05) is 32.0 Å². The van der Waals surface area contributed by atoms with Crippen molar-refractivity contribution < 1.29 is 24.2 Å². The van der Waals surface area contributed by atoms with E-state index >= 15 is 0 Å². The number of hydrogen-bond acceptors (Lipinski definition) is 6. The van der Waals surface area contributed by atoms with Gasteiger partial charge in [-0.2, -0.15) is 0 Å². The zero-order valence-electron chi connectivity index (χ0n) is 24.0. The molecule has 2 amide bonds. The summed E-state index contributed by atoms with van der Waals surface area (Å²) >= 11 is 1.67. The lowest BCUT2D eigenvalue weighted by atomic mass is 9.71. The average Bonchev–Trinajstić information content (AvgIpc) is 3.57. The maximum atomic E-state index is 14.7. The fourth-order valence-electron chi connectivity index (χ4n) is 6.98. The number of rotatable bonds is 15. The van der Waals surface area contributed by atoms with Crippen LogP contribution in [0.1, 0.15) is 62.5 Å². The molecule has 3 aliphatic heterocycles. The van der Waals surface area contributed by atoms with Crippen LogP contribution in [0.3, 0.4) is 0 Å². The van der Waals surface area contributed by atoms with Gasteiger partial charge in [0.2, 0.25) is 5.91 Å². The smallest absolute Gasteiger partial charge is 0.310 e. The highest BCUT2D eigenvalue weighted by Gasteiger charge is 2.74. The number of aryl methyl sites for hydroxylation is 2. The first-order valence-corrected chi connectivity index (χ1v) is 15.6. The molecule has 3 aliphatic rings. The van der Waals surface area contributed by atoms with Crippen molar-refractivity contribution >= 4 is 35.2 Å². The van der Waals surface area contributed by atoms with Gasteiger partial charge >= 0.3 is 5.97 Å². The van der Waals surface area contributed by atoms with E-state index in [9.17, 15) is 19.5 Å². The number of amides is 2. The molecule has 2 unspecified atom stereocenters. The van der Waals surface area contributed by atoms with Crippen LogP contribution in [0.15, 0.2) is 43.5 Å². The number of carbonyl (C=O) groups excluding carboxylic acids is 3. The number of fused-ring (bicyclic) bond motifs is 1. The van der Waals surface area contributed by atoms with Gasteiger partial charge in [-0.1, -0.05) is 43.2 Å². The first-order valence-electron chi connectivity index (χ1n) is 14.7. The topological polar surface area (TPSA) is 87.2 Å². The Kier molecular flexibility index (Phi) is 10.2. The fourth-order valence-corrected chi connectivity index (χ4v) is 9.19. The number of hydrogen-bond donors (Lipinski definition) is 1. The Balaban J connectivity index is 1.68. The second-order valence-electron chi connectivity index (χ2n) is 11.3. The summed E-state index contributed by atoms with van der Waals surface area (Å²) in [5.74, 6) is -1.59. The van der Waals surface area contributed by atoms with Crippen LogP contribution in [0.25, 0.3) is 0 Å². The van der Waals surface area contributed by atoms with Crippen molar-refractivity contribution in [3.8, 4) is 0 Å². The number of aliphatic hydroxyl groups excluding tert-OH is 1. The van der Waals surface area contributed by atoms with Crippen molar-refractivity contribution in [2.24, 2.45) is 11.8 Å². The summed E-state index contributed by atoms with van der Waals surface area (Å²) in [5.41, 5.74) is 2.85. The molecular formula is C32H44N2O5S. The number of carbonyl (C=O) groups is 3. The molecule has 0 saturated carbocycles. The average molecular weight is 569 g/mol. The summed E-state index contributed by atoms with van der Waals surface area (Å²) in [6.07, 6.45) is 9.72. The maximum absolute atomic E-state index is 14.7. The second-order valence-corrected chi connectivity index (χ2v) is 12.9. The SMILES string of the molecule is C=CCCCOC(=O)[C@@H]1[C@@H]2CCC3(S2)C(C(=O)N(CC=C)c2c(C)cccc2C)N(CCCCCCO)C(=O)[C@H]13. The van der Waals surface area contributed by atoms with E-state index in [4.69, 9.17) is 4.74 Å². The van der Waals surface area contributed by atoms with E-state index < -0.39 is 22.6 Å². The lowest BCUT2D eigenvalue weighted by Crippen LogP contribution is -2.55. The van der Waals surface area contributed by atoms with Crippen molar-refractivity contribution in [3.05, 3.63) is 54.6 Å². The lowest BCUT2D eigenvalue weighted by Gasteiger charge is -2.38. The Morgan fingerprint density at radius 1 is 1.15 bits per heavy atom. The highest BCUT2D eigenvalue weighted by atomic mass is 32.2. The molecule has 3 saturated heterocycles. The van der Waals surface area contributed by atoms with Crippen molar-refractivity contribution in [2.75, 3.05) is 31.2 Å². The number of nitrogens with zero attached hydrogens (tertiary/aromatic N) is 2. The molecule has 3 fully saturated rings. The van der Waals surface area contributed by atoms with E-state index in [1.54, 1.807) is 33.7 Å². The van der Waals surface area contributed by atoms with Gasteiger partial charge in [-0.15, -0.1) is 24.9 Å². The minimum Gasteiger partial charge on any atom is -0.465 e. The minimum atomic E-state index is -0.657. The quantitative estimate of drug-likeness (QED) is 0.183. The van der Waals surface area contributed by atoms with Gasteiger partial charge in [0.25, 0.3) is 5.91 Å². The fraction of sp³-hybridized carbons (Fsp3) is 0.594. The molecule has 218 valence electrons. The predicted octanol–water partition coefficient (Wildman–Crippen LogP) is 4.98. The predicted molar refractivity (Wildman–Crippen MR) is 160 cm³/mol. The van der Waals surface area contributed by atoms with Crippen LogP contribution in [-0.2, 0) is 19.1 Å². The zero-order valence-corrected chi connectivity index (χ0v) is 24.8. The number of esters is 1. The third kappa shape index (κ3) is 5.62. The minimum absolute atomic E-state index is 0.0177. The monoisotopic (exact) mass is 568 g/mol. The summed E-state index contributed by atoms with van der Waals surface area (Å²) in [6, 6.07) is 5.33. The highest BCUT2D eigenvalue weighted by Crippen LogP contribution is 2.66. The Morgan fingerprint density at radius 3 is 2.55 bits per heavy atom. The Hall–Kier alpha value is -2.58. The van der Waals surface area contributed by atoms with Gasteiger partial charge in [-0.3, -0.25) is 14.4 Å². The molecule has 40 heavy (non-hydrogen) atoms. The Bertz CT molecular complexity index is 1100. The number of para-hydroxylation sites is 1. The molecule has 4 rings (SSSR count). The molecule has 5 atom stereocenters. The number of thioether (sulfide) groups is 1. The normalized spacial score (nSPS) is 26.6. The Labute approximate surface area is 243 Å². The van der Waals surface area contributed by atoms with Crippen molar-refractivity contribution in [1.29, 1.82) is 0 Å². The van der Waals surface area contributed by atoms with E-state index in [2.05, 4.69) is 13.2 Å². The molecule has 0 aromatic heterocycles. The molecule has 0 radical (unpaired) electrons. The van der Waals surface area contributed by atoms with Crippen LogP contribution in [0.5, 0.6) is 0 Å². The zero-order chi connectivity index (χ0) is 28.9. The van der Waals surface area contributed by atoms with Crippen LogP contribution in [0.4, 0.5) is 5.69 Å². The van der Waals surface area contributed by atoms with Crippen molar-refractivity contribution in [2.45, 2.75) is 81.3 Å². The van der Waals surface area contributed by atoms with Crippen molar-refractivity contribution in [3.63, 3.8) is 0 Å². The number of likely N-dealkylation sites (tertiary alicyclic amines) is 1. The van der Waals surface area contributed by atoms with E-state index in [1.165, 1.54) is 0 Å². The molecule has 8 heteroatoms. The summed E-state index contributed by atoms with van der Waals surface area (Å²) in [5, 5.41) is 9.16. The number of ether oxygens (including phenoxy) is 1. The van der Waals surface area contributed by atoms with Crippen LogP contribution in [-0.4, -0.2) is 70.1 Å². The highest BCUT2D eigenvalue weighted by molar-refractivity contribution is 8.02. The summed E-state index contributed by atoms with van der Waals surface area (Å²) in [7, 11) is 0. The number of aliphatic hydroxyl groups is 1. The molecule has 7 nitrogen and oxygen atoms in total. The van der Waals surface area contributed by atoms with Gasteiger partial charge in [0, 0.05) is 30.6 Å². The molecule has 1 N–H and O–H groups in total. The van der Waals surface area contributed by atoms with Gasteiger partial charge in [-0.05, 0) is 63.5 Å². The first kappa shape index (κ1) is 30.4. The molecule has 1 spiro atoms. The molecule has 1 aromatic carbocycles.